The van der Waals surface area contributed by atoms with E-state index in [2.05, 4.69) is 0 Å². The van der Waals surface area contributed by atoms with Crippen LogP contribution in [0.5, 0.6) is 11.5 Å². The zero-order chi connectivity index (χ0) is 13.8. The number of aliphatic hydroxyl groups excluding tert-OH is 1. The highest BCUT2D eigenvalue weighted by molar-refractivity contribution is 6.30. The summed E-state index contributed by atoms with van der Waals surface area (Å²) in [4.78, 5) is 0. The summed E-state index contributed by atoms with van der Waals surface area (Å²) in [7, 11) is 0. The molecule has 2 nitrogen and oxygen atoms in total. The molecule has 1 N–H and O–H groups in total. The lowest BCUT2D eigenvalue weighted by Crippen LogP contribution is -1.98. The standard InChI is InChI=1S/C15H14ClFO2/c1-2-14(18)11-5-3-4-6-15(11)19-10-7-8-12(16)13(17)9-10/h3-9,14,18H,2H2,1H3/t14-/m0/s1. The van der Waals surface area contributed by atoms with Crippen LogP contribution in [0.3, 0.4) is 0 Å². The topological polar surface area (TPSA) is 29.5 Å². The second-order valence-corrected chi connectivity index (χ2v) is 4.55. The van der Waals surface area contributed by atoms with Gasteiger partial charge in [0.15, 0.2) is 0 Å². The van der Waals surface area contributed by atoms with Crippen LogP contribution in [-0.2, 0) is 0 Å². The highest BCUT2D eigenvalue weighted by Crippen LogP contribution is 2.32. The largest absolute Gasteiger partial charge is 0.457 e. The van der Waals surface area contributed by atoms with E-state index in [1.54, 1.807) is 24.3 Å². The van der Waals surface area contributed by atoms with Crippen LogP contribution in [0, 0.1) is 5.82 Å². The van der Waals surface area contributed by atoms with Gasteiger partial charge in [0, 0.05) is 11.6 Å². The quantitative estimate of drug-likeness (QED) is 0.878. The summed E-state index contributed by atoms with van der Waals surface area (Å²) in [5.74, 6) is 0.323. The molecule has 1 atom stereocenters. The maximum atomic E-state index is 13.3. The molecule has 0 bridgehead atoms. The number of aliphatic hydroxyl groups is 1. The van der Waals surface area contributed by atoms with Gasteiger partial charge >= 0.3 is 0 Å². The van der Waals surface area contributed by atoms with Crippen molar-refractivity contribution in [2.24, 2.45) is 0 Å². The Morgan fingerprint density at radius 2 is 2.00 bits per heavy atom. The lowest BCUT2D eigenvalue weighted by Gasteiger charge is -2.14. The van der Waals surface area contributed by atoms with Gasteiger partial charge in [0.1, 0.15) is 17.3 Å². The maximum Gasteiger partial charge on any atom is 0.145 e. The first-order valence-electron chi connectivity index (χ1n) is 6.01. The van der Waals surface area contributed by atoms with Crippen molar-refractivity contribution in [3.8, 4) is 11.5 Å². The molecule has 0 aliphatic rings. The third-order valence-corrected chi connectivity index (χ3v) is 3.09. The average molecular weight is 281 g/mol. The fourth-order valence-corrected chi connectivity index (χ4v) is 1.85. The zero-order valence-electron chi connectivity index (χ0n) is 10.4. The van der Waals surface area contributed by atoms with Gasteiger partial charge < -0.3 is 9.84 Å². The van der Waals surface area contributed by atoms with Crippen LogP contribution in [0.25, 0.3) is 0 Å². The molecule has 0 aromatic heterocycles. The van der Waals surface area contributed by atoms with E-state index in [-0.39, 0.29) is 5.02 Å². The van der Waals surface area contributed by atoms with Crippen molar-refractivity contribution in [3.05, 3.63) is 58.9 Å². The Labute approximate surface area is 116 Å². The van der Waals surface area contributed by atoms with E-state index in [9.17, 15) is 9.50 Å². The Balaban J connectivity index is 2.30. The fraction of sp³-hybridized carbons (Fsp3) is 0.200. The summed E-state index contributed by atoms with van der Waals surface area (Å²) in [6, 6.07) is 11.4. The molecule has 0 amide bonds. The Bertz CT molecular complexity index is 572. The van der Waals surface area contributed by atoms with Crippen LogP contribution in [0.4, 0.5) is 4.39 Å². The number of ether oxygens (including phenoxy) is 1. The molecular weight excluding hydrogens is 267 g/mol. The van der Waals surface area contributed by atoms with E-state index in [4.69, 9.17) is 16.3 Å². The number of halogens is 2. The Morgan fingerprint density at radius 1 is 1.26 bits per heavy atom. The maximum absolute atomic E-state index is 13.3. The van der Waals surface area contributed by atoms with Gasteiger partial charge in [-0.3, -0.25) is 0 Å². The first-order valence-corrected chi connectivity index (χ1v) is 6.39. The molecule has 0 heterocycles. The molecule has 0 aliphatic carbocycles. The van der Waals surface area contributed by atoms with E-state index < -0.39 is 11.9 Å². The van der Waals surface area contributed by atoms with Crippen molar-refractivity contribution >= 4 is 11.6 Å². The number of hydrogen-bond donors (Lipinski definition) is 1. The minimum Gasteiger partial charge on any atom is -0.457 e. The lowest BCUT2D eigenvalue weighted by molar-refractivity contribution is 0.170. The monoisotopic (exact) mass is 280 g/mol. The zero-order valence-corrected chi connectivity index (χ0v) is 11.2. The van der Waals surface area contributed by atoms with Crippen molar-refractivity contribution in [2.45, 2.75) is 19.4 Å². The Kier molecular flexibility index (Phi) is 4.40. The normalized spacial score (nSPS) is 12.2. The van der Waals surface area contributed by atoms with Gasteiger partial charge in [-0.1, -0.05) is 36.7 Å². The van der Waals surface area contributed by atoms with E-state index in [0.717, 1.165) is 0 Å². The molecule has 0 radical (unpaired) electrons. The molecule has 0 aliphatic heterocycles. The molecular formula is C15H14ClFO2. The molecule has 0 unspecified atom stereocenters. The van der Waals surface area contributed by atoms with Gasteiger partial charge in [-0.25, -0.2) is 4.39 Å². The molecule has 2 aromatic rings. The first-order chi connectivity index (χ1) is 9.11. The second kappa shape index (κ2) is 6.04. The van der Waals surface area contributed by atoms with Gasteiger partial charge in [0.05, 0.1) is 11.1 Å². The molecule has 0 fully saturated rings. The number of para-hydroxylation sites is 1. The molecule has 2 aromatic carbocycles. The average Bonchev–Trinajstić information content (AvgIpc) is 2.43. The molecule has 4 heteroatoms. The summed E-state index contributed by atoms with van der Waals surface area (Å²) < 4.78 is 19.0. The van der Waals surface area contributed by atoms with Crippen LogP contribution < -0.4 is 4.74 Å². The van der Waals surface area contributed by atoms with Gasteiger partial charge in [-0.05, 0) is 24.6 Å². The van der Waals surface area contributed by atoms with Crippen molar-refractivity contribution in [1.29, 1.82) is 0 Å². The Hall–Kier alpha value is -1.58. The highest BCUT2D eigenvalue weighted by atomic mass is 35.5. The van der Waals surface area contributed by atoms with Crippen molar-refractivity contribution in [3.63, 3.8) is 0 Å². The van der Waals surface area contributed by atoms with Crippen molar-refractivity contribution in [1.82, 2.24) is 0 Å². The minimum absolute atomic E-state index is 0.0502. The number of benzene rings is 2. The number of rotatable bonds is 4. The fourth-order valence-electron chi connectivity index (χ4n) is 1.74. The van der Waals surface area contributed by atoms with Crippen LogP contribution in [0.15, 0.2) is 42.5 Å². The van der Waals surface area contributed by atoms with Crippen molar-refractivity contribution < 1.29 is 14.2 Å². The van der Waals surface area contributed by atoms with E-state index in [1.165, 1.54) is 12.1 Å². The molecule has 19 heavy (non-hydrogen) atoms. The highest BCUT2D eigenvalue weighted by Gasteiger charge is 2.12. The molecule has 0 saturated carbocycles. The van der Waals surface area contributed by atoms with Crippen LogP contribution in [-0.4, -0.2) is 5.11 Å². The third-order valence-electron chi connectivity index (χ3n) is 2.78. The van der Waals surface area contributed by atoms with Crippen molar-refractivity contribution in [2.75, 3.05) is 0 Å². The summed E-state index contributed by atoms with van der Waals surface area (Å²) in [6.45, 7) is 1.88. The van der Waals surface area contributed by atoms with Crippen LogP contribution >= 0.6 is 11.6 Å². The third kappa shape index (κ3) is 3.25. The van der Waals surface area contributed by atoms with E-state index in [0.29, 0.717) is 23.5 Å². The lowest BCUT2D eigenvalue weighted by atomic mass is 10.1. The Morgan fingerprint density at radius 3 is 2.68 bits per heavy atom. The second-order valence-electron chi connectivity index (χ2n) is 4.14. The molecule has 100 valence electrons. The predicted octanol–water partition coefficient (Wildman–Crippen LogP) is 4.71. The van der Waals surface area contributed by atoms with Crippen LogP contribution in [0.1, 0.15) is 25.0 Å². The molecule has 2 rings (SSSR count). The summed E-state index contributed by atoms with van der Waals surface area (Å²) in [6.07, 6.45) is -0.0247. The number of hydrogen-bond acceptors (Lipinski definition) is 2. The minimum atomic E-state index is -0.603. The van der Waals surface area contributed by atoms with Gasteiger partial charge in [-0.2, -0.15) is 0 Å². The van der Waals surface area contributed by atoms with E-state index >= 15 is 0 Å². The summed E-state index contributed by atoms with van der Waals surface area (Å²) >= 11 is 5.62. The van der Waals surface area contributed by atoms with E-state index in [1.807, 2.05) is 13.0 Å². The summed E-state index contributed by atoms with van der Waals surface area (Å²) in [5.41, 5.74) is 0.681. The summed E-state index contributed by atoms with van der Waals surface area (Å²) in [5, 5.41) is 9.96. The van der Waals surface area contributed by atoms with Crippen LogP contribution in [0.2, 0.25) is 5.02 Å². The molecule has 0 spiro atoms. The van der Waals surface area contributed by atoms with Gasteiger partial charge in [-0.15, -0.1) is 0 Å². The van der Waals surface area contributed by atoms with Gasteiger partial charge in [0.2, 0.25) is 0 Å². The predicted molar refractivity (Wildman–Crippen MR) is 73.2 cm³/mol. The first kappa shape index (κ1) is 13.8. The SMILES string of the molecule is CC[C@H](O)c1ccccc1Oc1ccc(Cl)c(F)c1. The smallest absolute Gasteiger partial charge is 0.145 e. The molecule has 0 saturated heterocycles. The van der Waals surface area contributed by atoms with Gasteiger partial charge in [0.25, 0.3) is 0 Å².